The van der Waals surface area contributed by atoms with Gasteiger partial charge in [-0.25, -0.2) is 4.98 Å². The maximum Gasteiger partial charge on any atom is 0.103 e. The minimum atomic E-state index is 0.176. The maximum atomic E-state index is 6.10. The zero-order valence-electron chi connectivity index (χ0n) is 11.9. The van der Waals surface area contributed by atoms with Crippen LogP contribution in [0, 0.1) is 6.92 Å². The van der Waals surface area contributed by atoms with Crippen LogP contribution in [-0.4, -0.2) is 20.8 Å². The first kappa shape index (κ1) is 15.5. The van der Waals surface area contributed by atoms with Crippen LogP contribution in [0.4, 0.5) is 0 Å². The van der Waals surface area contributed by atoms with E-state index in [0.717, 1.165) is 33.1 Å². The van der Waals surface area contributed by atoms with E-state index in [1.165, 1.54) is 5.56 Å². The number of pyridine rings is 1. The molecule has 0 amide bonds. The molecule has 2 heterocycles. The first-order valence-electron chi connectivity index (χ1n) is 6.58. The lowest BCUT2D eigenvalue weighted by Crippen LogP contribution is -2.21. The second-order valence-corrected chi connectivity index (χ2v) is 6.71. The number of rotatable bonds is 5. The van der Waals surface area contributed by atoms with Gasteiger partial charge in [0.1, 0.15) is 10.1 Å². The first-order chi connectivity index (χ1) is 9.51. The second-order valence-electron chi connectivity index (χ2n) is 4.78. The summed E-state index contributed by atoms with van der Waals surface area (Å²) in [5.41, 5.74) is 8.38. The van der Waals surface area contributed by atoms with Gasteiger partial charge >= 0.3 is 0 Å². The number of aryl methyl sites for hydroxylation is 2. The smallest absolute Gasteiger partial charge is 0.103 e. The van der Waals surface area contributed by atoms with Crippen LogP contribution in [0.25, 0.3) is 0 Å². The highest BCUT2D eigenvalue weighted by Gasteiger charge is 2.17. The highest BCUT2D eigenvalue weighted by Crippen LogP contribution is 2.31. The van der Waals surface area contributed by atoms with Crippen LogP contribution in [0.15, 0.2) is 32.9 Å². The van der Waals surface area contributed by atoms with Crippen molar-refractivity contribution in [3.05, 3.63) is 34.1 Å². The monoisotopic (exact) mass is 354 g/mol. The fourth-order valence-electron chi connectivity index (χ4n) is 1.97. The van der Waals surface area contributed by atoms with E-state index in [-0.39, 0.29) is 6.04 Å². The Hall–Kier alpha value is -0.850. The predicted molar refractivity (Wildman–Crippen MR) is 86.0 cm³/mol. The molecule has 0 bridgehead atoms. The van der Waals surface area contributed by atoms with Crippen LogP contribution >= 0.6 is 27.7 Å². The predicted octanol–water partition coefficient (Wildman–Crippen LogP) is 3.32. The lowest BCUT2D eigenvalue weighted by molar-refractivity contribution is 0.631. The van der Waals surface area contributed by atoms with Crippen molar-refractivity contribution in [3.63, 3.8) is 0 Å². The number of aromatic nitrogens is 3. The summed E-state index contributed by atoms with van der Waals surface area (Å²) < 4.78 is 2.90. The summed E-state index contributed by atoms with van der Waals surface area (Å²) in [7, 11) is 1.97. The van der Waals surface area contributed by atoms with Gasteiger partial charge in [0, 0.05) is 29.3 Å². The molecule has 1 atom stereocenters. The molecule has 2 aromatic rings. The van der Waals surface area contributed by atoms with E-state index < -0.39 is 0 Å². The topological polar surface area (TPSA) is 56.7 Å². The molecule has 0 aromatic carbocycles. The fraction of sp³-hybridized carbons (Fsp3) is 0.429. The van der Waals surface area contributed by atoms with Crippen molar-refractivity contribution in [1.82, 2.24) is 14.8 Å². The third-order valence-electron chi connectivity index (χ3n) is 3.18. The fourth-order valence-corrected chi connectivity index (χ4v) is 3.17. The number of hydrogen-bond donors (Lipinski definition) is 1. The Labute approximate surface area is 132 Å². The third-order valence-corrected chi connectivity index (χ3v) is 4.80. The van der Waals surface area contributed by atoms with Crippen LogP contribution < -0.4 is 5.73 Å². The van der Waals surface area contributed by atoms with Crippen molar-refractivity contribution in [2.24, 2.45) is 12.8 Å². The molecule has 0 aliphatic carbocycles. The van der Waals surface area contributed by atoms with Gasteiger partial charge in [0.2, 0.25) is 0 Å². The van der Waals surface area contributed by atoms with Gasteiger partial charge in [0.05, 0.1) is 5.69 Å². The quantitative estimate of drug-likeness (QED) is 0.894. The largest absolute Gasteiger partial charge is 0.327 e. The molecule has 1 unspecified atom stereocenters. The van der Waals surface area contributed by atoms with Crippen molar-refractivity contribution in [2.75, 3.05) is 0 Å². The molecule has 2 N–H and O–H groups in total. The van der Waals surface area contributed by atoms with Gasteiger partial charge in [0.15, 0.2) is 0 Å². The van der Waals surface area contributed by atoms with E-state index in [4.69, 9.17) is 5.73 Å². The number of nitrogens with two attached hydrogens (primary N) is 1. The lowest BCUT2D eigenvalue weighted by Gasteiger charge is -2.10. The zero-order chi connectivity index (χ0) is 14.7. The highest BCUT2D eigenvalue weighted by molar-refractivity contribution is 9.10. The normalized spacial score (nSPS) is 12.7. The molecule has 0 fully saturated rings. The van der Waals surface area contributed by atoms with Gasteiger partial charge in [-0.05, 0) is 47.8 Å². The minimum Gasteiger partial charge on any atom is -0.327 e. The van der Waals surface area contributed by atoms with Crippen LogP contribution in [-0.2, 0) is 13.5 Å². The van der Waals surface area contributed by atoms with Crippen LogP contribution in [0.2, 0.25) is 0 Å². The van der Waals surface area contributed by atoms with E-state index in [1.807, 2.05) is 37.0 Å². The Kier molecular flexibility index (Phi) is 5.23. The van der Waals surface area contributed by atoms with Crippen molar-refractivity contribution in [1.29, 1.82) is 0 Å². The number of nitrogens with zero attached hydrogens (tertiary/aromatic N) is 3. The van der Waals surface area contributed by atoms with Crippen molar-refractivity contribution >= 4 is 27.7 Å². The molecule has 2 rings (SSSR count). The number of halogens is 1. The summed E-state index contributed by atoms with van der Waals surface area (Å²) in [4.78, 5) is 4.41. The highest BCUT2D eigenvalue weighted by atomic mass is 79.9. The molecule has 6 heteroatoms. The van der Waals surface area contributed by atoms with Gasteiger partial charge in [0.25, 0.3) is 0 Å². The first-order valence-corrected chi connectivity index (χ1v) is 8.19. The minimum absolute atomic E-state index is 0.176. The SMILES string of the molecule is CCC(N)Cc1c(C)nn(C)c1Sc1ccc(Br)cn1. The zero-order valence-corrected chi connectivity index (χ0v) is 14.3. The molecule has 4 nitrogen and oxygen atoms in total. The molecular weight excluding hydrogens is 336 g/mol. The van der Waals surface area contributed by atoms with Gasteiger partial charge in [-0.3, -0.25) is 4.68 Å². The van der Waals surface area contributed by atoms with E-state index in [2.05, 4.69) is 32.9 Å². The van der Waals surface area contributed by atoms with E-state index in [1.54, 1.807) is 11.8 Å². The summed E-state index contributed by atoms with van der Waals surface area (Å²) in [6, 6.07) is 4.17. The number of hydrogen-bond acceptors (Lipinski definition) is 4. The summed E-state index contributed by atoms with van der Waals surface area (Å²) in [5.74, 6) is 0. The van der Waals surface area contributed by atoms with Gasteiger partial charge in [-0.1, -0.05) is 18.7 Å². The van der Waals surface area contributed by atoms with Crippen LogP contribution in [0.3, 0.4) is 0 Å². The van der Waals surface area contributed by atoms with Crippen molar-refractivity contribution in [3.8, 4) is 0 Å². The van der Waals surface area contributed by atoms with Gasteiger partial charge in [-0.2, -0.15) is 5.10 Å². The van der Waals surface area contributed by atoms with Gasteiger partial charge < -0.3 is 5.73 Å². The Morgan fingerprint density at radius 2 is 2.20 bits per heavy atom. The standard InChI is InChI=1S/C14H19BrN4S/c1-4-11(16)7-12-9(2)18-19(3)14(12)20-13-6-5-10(15)8-17-13/h5-6,8,11H,4,7,16H2,1-3H3. The summed E-state index contributed by atoms with van der Waals surface area (Å²) in [5, 5.41) is 6.60. The third kappa shape index (κ3) is 3.62. The molecule has 0 saturated carbocycles. The molecule has 0 aliphatic rings. The Morgan fingerprint density at radius 3 is 2.80 bits per heavy atom. The molecular formula is C14H19BrN4S. The van der Waals surface area contributed by atoms with Crippen LogP contribution in [0.5, 0.6) is 0 Å². The molecule has 108 valence electrons. The average molecular weight is 355 g/mol. The van der Waals surface area contributed by atoms with Crippen molar-refractivity contribution in [2.45, 2.75) is 42.8 Å². The maximum absolute atomic E-state index is 6.10. The van der Waals surface area contributed by atoms with E-state index in [9.17, 15) is 0 Å². The molecule has 20 heavy (non-hydrogen) atoms. The van der Waals surface area contributed by atoms with E-state index >= 15 is 0 Å². The summed E-state index contributed by atoms with van der Waals surface area (Å²) in [6.07, 6.45) is 3.63. The average Bonchev–Trinajstić information content (AvgIpc) is 2.68. The molecule has 0 saturated heterocycles. The van der Waals surface area contributed by atoms with Crippen molar-refractivity contribution < 1.29 is 0 Å². The summed E-state index contributed by atoms with van der Waals surface area (Å²) >= 11 is 5.04. The Bertz CT molecular complexity index is 580. The lowest BCUT2D eigenvalue weighted by atomic mass is 10.1. The molecule has 0 aliphatic heterocycles. The summed E-state index contributed by atoms with van der Waals surface area (Å²) in [6.45, 7) is 4.15. The van der Waals surface area contributed by atoms with Gasteiger partial charge in [-0.15, -0.1) is 0 Å². The molecule has 2 aromatic heterocycles. The Morgan fingerprint density at radius 1 is 1.45 bits per heavy atom. The van der Waals surface area contributed by atoms with E-state index in [0.29, 0.717) is 0 Å². The molecule has 0 spiro atoms. The Balaban J connectivity index is 2.28. The van der Waals surface area contributed by atoms with Crippen LogP contribution in [0.1, 0.15) is 24.6 Å². The molecule has 0 radical (unpaired) electrons. The second kappa shape index (κ2) is 6.74.